The number of rotatable bonds is 6. The lowest BCUT2D eigenvalue weighted by molar-refractivity contribution is -0.145. The molecule has 0 aromatic heterocycles. The largest absolute Gasteiger partial charge is 0.479 e. The van der Waals surface area contributed by atoms with Gasteiger partial charge in [0.05, 0.1) is 0 Å². The van der Waals surface area contributed by atoms with Crippen molar-refractivity contribution in [3.63, 3.8) is 0 Å². The molecule has 5 nitrogen and oxygen atoms in total. The second-order valence-electron chi connectivity index (χ2n) is 4.09. The quantitative estimate of drug-likeness (QED) is 0.792. The van der Waals surface area contributed by atoms with Crippen LogP contribution in [0.3, 0.4) is 0 Å². The number of hydrogen-bond acceptors (Lipinski definition) is 3. The minimum absolute atomic E-state index is 0.000786. The Morgan fingerprint density at radius 2 is 2.25 bits per heavy atom. The molecule has 0 aliphatic rings. The average Bonchev–Trinajstić information content (AvgIpc) is 2.42. The first-order valence-electron chi connectivity index (χ1n) is 6.01. The van der Waals surface area contributed by atoms with E-state index in [1.54, 1.807) is 25.1 Å². The van der Waals surface area contributed by atoms with Crippen LogP contribution >= 0.6 is 11.6 Å². The molecular formula is C14H16ClNO4. The number of alkyl carbamates (subject to hydrolysis) is 1. The van der Waals surface area contributed by atoms with Crippen LogP contribution in [0.5, 0.6) is 0 Å². The first-order valence-corrected chi connectivity index (χ1v) is 6.39. The Hall–Kier alpha value is -2.01. The Balaban J connectivity index is 3.12. The van der Waals surface area contributed by atoms with Gasteiger partial charge in [0.15, 0.2) is 5.54 Å². The highest BCUT2D eigenvalue weighted by Crippen LogP contribution is 2.28. The highest BCUT2D eigenvalue weighted by Gasteiger charge is 2.41. The molecule has 0 saturated heterocycles. The summed E-state index contributed by atoms with van der Waals surface area (Å²) in [5.74, 6) is -1.18. The van der Waals surface area contributed by atoms with Crippen molar-refractivity contribution in [3.05, 3.63) is 47.5 Å². The van der Waals surface area contributed by atoms with E-state index in [1.165, 1.54) is 12.1 Å². The van der Waals surface area contributed by atoms with Gasteiger partial charge < -0.3 is 15.2 Å². The summed E-state index contributed by atoms with van der Waals surface area (Å²) < 4.78 is 4.79. The van der Waals surface area contributed by atoms with Gasteiger partial charge in [0.1, 0.15) is 6.61 Å². The highest BCUT2D eigenvalue weighted by atomic mass is 35.5. The first-order chi connectivity index (χ1) is 9.46. The maximum Gasteiger partial charge on any atom is 0.408 e. The maximum atomic E-state index is 11.7. The van der Waals surface area contributed by atoms with Crippen LogP contribution in [0.25, 0.3) is 0 Å². The molecule has 0 spiro atoms. The van der Waals surface area contributed by atoms with Gasteiger partial charge in [-0.3, -0.25) is 0 Å². The Morgan fingerprint density at radius 1 is 1.55 bits per heavy atom. The molecule has 1 rings (SSSR count). The molecular weight excluding hydrogens is 282 g/mol. The maximum absolute atomic E-state index is 11.7. The summed E-state index contributed by atoms with van der Waals surface area (Å²) in [6.07, 6.45) is 0.716. The van der Waals surface area contributed by atoms with E-state index < -0.39 is 17.6 Å². The Labute approximate surface area is 122 Å². The normalized spacial score (nSPS) is 13.1. The van der Waals surface area contributed by atoms with E-state index in [4.69, 9.17) is 16.3 Å². The molecule has 1 aromatic rings. The van der Waals surface area contributed by atoms with Crippen LogP contribution in [-0.2, 0) is 15.1 Å². The lowest BCUT2D eigenvalue weighted by Crippen LogP contribution is -2.51. The Morgan fingerprint density at radius 3 is 2.75 bits per heavy atom. The van der Waals surface area contributed by atoms with Crippen LogP contribution in [0.1, 0.15) is 18.9 Å². The third kappa shape index (κ3) is 3.51. The number of ether oxygens (including phenoxy) is 1. The van der Waals surface area contributed by atoms with E-state index in [2.05, 4.69) is 11.9 Å². The Bertz CT molecular complexity index is 518. The molecule has 1 atom stereocenters. The number of halogens is 1. The molecule has 108 valence electrons. The lowest BCUT2D eigenvalue weighted by atomic mass is 9.87. The summed E-state index contributed by atoms with van der Waals surface area (Å²) in [5.41, 5.74) is -1.20. The van der Waals surface area contributed by atoms with Crippen LogP contribution in [0, 0.1) is 0 Å². The molecule has 0 heterocycles. The molecule has 1 aromatic carbocycles. The standard InChI is InChI=1S/C14H16ClNO4/c1-3-8-20-13(19)16-14(4-2,12(17)18)10-6-5-7-11(15)9-10/h3,5-7,9H,1,4,8H2,2H3,(H,16,19)(H,17,18). The van der Waals surface area contributed by atoms with E-state index in [1.807, 2.05) is 0 Å². The van der Waals surface area contributed by atoms with Crippen molar-refractivity contribution in [2.75, 3.05) is 6.61 Å². The van der Waals surface area contributed by atoms with E-state index in [-0.39, 0.29) is 13.0 Å². The molecule has 2 N–H and O–H groups in total. The fraction of sp³-hybridized carbons (Fsp3) is 0.286. The van der Waals surface area contributed by atoms with E-state index in [0.29, 0.717) is 10.6 Å². The van der Waals surface area contributed by atoms with Crippen molar-refractivity contribution in [1.29, 1.82) is 0 Å². The van der Waals surface area contributed by atoms with E-state index >= 15 is 0 Å². The summed E-state index contributed by atoms with van der Waals surface area (Å²) in [6.45, 7) is 5.07. The highest BCUT2D eigenvalue weighted by molar-refractivity contribution is 6.30. The number of carboxylic acids is 1. The molecule has 0 bridgehead atoms. The number of amides is 1. The van der Waals surface area contributed by atoms with Gasteiger partial charge >= 0.3 is 12.1 Å². The number of carbonyl (C=O) groups is 2. The second kappa shape index (κ2) is 6.96. The molecule has 1 amide bonds. The lowest BCUT2D eigenvalue weighted by Gasteiger charge is -2.29. The van der Waals surface area contributed by atoms with Gasteiger partial charge in [-0.05, 0) is 24.1 Å². The van der Waals surface area contributed by atoms with E-state index in [0.717, 1.165) is 0 Å². The number of carboxylic acid groups (broad SMARTS) is 1. The first kappa shape index (κ1) is 16.0. The van der Waals surface area contributed by atoms with Crippen molar-refractivity contribution < 1.29 is 19.4 Å². The van der Waals surface area contributed by atoms with Gasteiger partial charge in [-0.2, -0.15) is 0 Å². The molecule has 0 fully saturated rings. The molecule has 1 unspecified atom stereocenters. The van der Waals surface area contributed by atoms with Crippen LogP contribution in [0.4, 0.5) is 4.79 Å². The van der Waals surface area contributed by atoms with Gasteiger partial charge in [-0.15, -0.1) is 0 Å². The summed E-state index contributed by atoms with van der Waals surface area (Å²) in [7, 11) is 0. The molecule has 0 saturated carbocycles. The Kier molecular flexibility index (Phi) is 5.58. The van der Waals surface area contributed by atoms with Crippen molar-refractivity contribution in [2.24, 2.45) is 0 Å². The van der Waals surface area contributed by atoms with Crippen molar-refractivity contribution in [2.45, 2.75) is 18.9 Å². The fourth-order valence-electron chi connectivity index (χ4n) is 1.79. The third-order valence-corrected chi connectivity index (χ3v) is 3.10. The zero-order valence-corrected chi connectivity index (χ0v) is 11.8. The topological polar surface area (TPSA) is 75.6 Å². The molecule has 0 aliphatic heterocycles. The van der Waals surface area contributed by atoms with Crippen LogP contribution in [0.15, 0.2) is 36.9 Å². The van der Waals surface area contributed by atoms with Crippen LogP contribution in [-0.4, -0.2) is 23.8 Å². The van der Waals surface area contributed by atoms with Gasteiger partial charge in [-0.1, -0.05) is 43.3 Å². The van der Waals surface area contributed by atoms with E-state index in [9.17, 15) is 14.7 Å². The summed E-state index contributed by atoms with van der Waals surface area (Å²) in [6, 6.07) is 6.36. The molecule has 0 radical (unpaired) electrons. The van der Waals surface area contributed by atoms with Gasteiger partial charge in [-0.25, -0.2) is 9.59 Å². The zero-order valence-electron chi connectivity index (χ0n) is 11.1. The number of nitrogens with one attached hydrogen (secondary N) is 1. The fourth-order valence-corrected chi connectivity index (χ4v) is 1.98. The molecule has 0 aliphatic carbocycles. The average molecular weight is 298 g/mol. The van der Waals surface area contributed by atoms with Gasteiger partial charge in [0, 0.05) is 5.02 Å². The predicted octanol–water partition coefficient (Wildman–Crippen LogP) is 2.94. The van der Waals surface area contributed by atoms with Crippen molar-refractivity contribution >= 4 is 23.7 Å². The predicted molar refractivity (Wildman–Crippen MR) is 75.7 cm³/mol. The minimum atomic E-state index is -1.58. The molecule has 20 heavy (non-hydrogen) atoms. The molecule has 6 heteroatoms. The third-order valence-electron chi connectivity index (χ3n) is 2.86. The number of carbonyl (C=O) groups excluding carboxylic acids is 1. The monoisotopic (exact) mass is 297 g/mol. The van der Waals surface area contributed by atoms with Gasteiger partial charge in [0.25, 0.3) is 0 Å². The zero-order chi connectivity index (χ0) is 15.2. The van der Waals surface area contributed by atoms with Gasteiger partial charge in [0.2, 0.25) is 0 Å². The summed E-state index contributed by atoms with van der Waals surface area (Å²) in [4.78, 5) is 23.3. The number of benzene rings is 1. The minimum Gasteiger partial charge on any atom is -0.479 e. The summed E-state index contributed by atoms with van der Waals surface area (Å²) >= 11 is 5.88. The van der Waals surface area contributed by atoms with Crippen molar-refractivity contribution in [1.82, 2.24) is 5.32 Å². The smallest absolute Gasteiger partial charge is 0.408 e. The number of aliphatic carboxylic acids is 1. The summed E-state index contributed by atoms with van der Waals surface area (Å²) in [5, 5.41) is 12.3. The number of hydrogen-bond donors (Lipinski definition) is 2. The second-order valence-corrected chi connectivity index (χ2v) is 4.52. The van der Waals surface area contributed by atoms with Crippen LogP contribution < -0.4 is 5.32 Å². The SMILES string of the molecule is C=CCOC(=O)NC(CC)(C(=O)O)c1cccc(Cl)c1. The van der Waals surface area contributed by atoms with Crippen molar-refractivity contribution in [3.8, 4) is 0 Å². The van der Waals surface area contributed by atoms with Crippen LogP contribution in [0.2, 0.25) is 5.02 Å².